The predicted octanol–water partition coefficient (Wildman–Crippen LogP) is 3.87. The summed E-state index contributed by atoms with van der Waals surface area (Å²) in [5.41, 5.74) is 1.29. The van der Waals surface area contributed by atoms with Crippen LogP contribution in [-0.4, -0.2) is 64.2 Å². The van der Waals surface area contributed by atoms with Gasteiger partial charge >= 0.3 is 0 Å². The highest BCUT2D eigenvalue weighted by atomic mass is 127. The summed E-state index contributed by atoms with van der Waals surface area (Å²) in [5, 5.41) is 3.42. The molecule has 0 saturated carbocycles. The minimum atomic E-state index is 0. The van der Waals surface area contributed by atoms with Gasteiger partial charge in [0.2, 0.25) is 0 Å². The molecule has 0 atom stereocenters. The number of aliphatic imine (C=N–C) groups is 1. The first-order chi connectivity index (χ1) is 12.7. The Morgan fingerprint density at radius 2 is 2.00 bits per heavy atom. The molecule has 0 aromatic heterocycles. The van der Waals surface area contributed by atoms with Crippen molar-refractivity contribution < 1.29 is 9.47 Å². The average Bonchev–Trinajstić information content (AvgIpc) is 2.68. The van der Waals surface area contributed by atoms with E-state index in [1.807, 2.05) is 7.05 Å². The maximum absolute atomic E-state index is 5.82. The zero-order valence-corrected chi connectivity index (χ0v) is 19.9. The van der Waals surface area contributed by atoms with Crippen molar-refractivity contribution in [3.8, 4) is 0 Å². The summed E-state index contributed by atoms with van der Waals surface area (Å²) >= 11 is 1.77. The zero-order valence-electron chi connectivity index (χ0n) is 16.8. The molecule has 1 saturated heterocycles. The van der Waals surface area contributed by atoms with Crippen molar-refractivity contribution in [1.82, 2.24) is 10.2 Å². The van der Waals surface area contributed by atoms with E-state index in [-0.39, 0.29) is 24.0 Å². The molecule has 0 amide bonds. The Morgan fingerprint density at radius 3 is 2.63 bits per heavy atom. The van der Waals surface area contributed by atoms with Gasteiger partial charge in [0.1, 0.15) is 0 Å². The molecule has 5 nitrogen and oxygen atoms in total. The van der Waals surface area contributed by atoms with Crippen LogP contribution in [0.4, 0.5) is 0 Å². The number of rotatable bonds is 9. The van der Waals surface area contributed by atoms with Crippen LogP contribution in [0.2, 0.25) is 0 Å². The Kier molecular flexibility index (Phi) is 13.2. The first-order valence-corrected chi connectivity index (χ1v) is 10.7. The molecule has 0 bridgehead atoms. The van der Waals surface area contributed by atoms with Crippen molar-refractivity contribution in [3.63, 3.8) is 0 Å². The molecule has 1 fully saturated rings. The summed E-state index contributed by atoms with van der Waals surface area (Å²) in [6, 6.07) is 8.69. The van der Waals surface area contributed by atoms with Gasteiger partial charge in [-0.25, -0.2) is 0 Å². The van der Waals surface area contributed by atoms with E-state index in [1.54, 1.807) is 11.8 Å². The number of benzene rings is 1. The van der Waals surface area contributed by atoms with Crippen molar-refractivity contribution >= 4 is 41.7 Å². The Hall–Kier alpha value is -0.510. The van der Waals surface area contributed by atoms with Gasteiger partial charge in [0.15, 0.2) is 5.96 Å². The van der Waals surface area contributed by atoms with Gasteiger partial charge in [-0.05, 0) is 49.1 Å². The van der Waals surface area contributed by atoms with Crippen LogP contribution < -0.4 is 5.32 Å². The lowest BCUT2D eigenvalue weighted by Gasteiger charge is -2.23. The summed E-state index contributed by atoms with van der Waals surface area (Å²) in [5.74, 6) is 1.59. The topological polar surface area (TPSA) is 46.1 Å². The van der Waals surface area contributed by atoms with E-state index < -0.39 is 0 Å². The molecule has 1 aliphatic heterocycles. The van der Waals surface area contributed by atoms with E-state index in [0.29, 0.717) is 5.92 Å². The molecule has 1 N–H and O–H groups in total. The quantitative estimate of drug-likeness (QED) is 0.181. The number of hydrogen-bond acceptors (Lipinski definition) is 4. The van der Waals surface area contributed by atoms with Crippen LogP contribution in [0.3, 0.4) is 0 Å². The summed E-state index contributed by atoms with van der Waals surface area (Å²) in [7, 11) is 3.90. The molecule has 1 aromatic rings. The number of nitrogens with one attached hydrogen (secondary N) is 1. The van der Waals surface area contributed by atoms with Crippen molar-refractivity contribution in [3.05, 3.63) is 29.8 Å². The highest BCUT2D eigenvalue weighted by molar-refractivity contribution is 14.0. The predicted molar refractivity (Wildman–Crippen MR) is 125 cm³/mol. The normalized spacial score (nSPS) is 15.3. The van der Waals surface area contributed by atoms with E-state index in [1.165, 1.54) is 10.5 Å². The highest BCUT2D eigenvalue weighted by Crippen LogP contribution is 2.16. The van der Waals surface area contributed by atoms with Crippen LogP contribution in [0.25, 0.3) is 0 Å². The molecular weight excluding hydrogens is 473 g/mol. The van der Waals surface area contributed by atoms with Gasteiger partial charge < -0.3 is 19.7 Å². The second kappa shape index (κ2) is 14.5. The molecule has 0 aliphatic carbocycles. The van der Waals surface area contributed by atoms with Crippen LogP contribution >= 0.6 is 35.7 Å². The Labute approximate surface area is 185 Å². The lowest BCUT2D eigenvalue weighted by atomic mass is 10.0. The van der Waals surface area contributed by atoms with E-state index in [0.717, 1.165) is 64.7 Å². The lowest BCUT2D eigenvalue weighted by molar-refractivity contribution is 0.0203. The molecule has 0 radical (unpaired) electrons. The third kappa shape index (κ3) is 9.49. The molecule has 0 unspecified atom stereocenters. The third-order valence-corrected chi connectivity index (χ3v) is 5.34. The number of hydrogen-bond donors (Lipinski definition) is 1. The lowest BCUT2D eigenvalue weighted by Crippen LogP contribution is -2.39. The van der Waals surface area contributed by atoms with Crippen LogP contribution in [0, 0.1) is 5.92 Å². The fraction of sp³-hybridized carbons (Fsp3) is 0.650. The molecular formula is C20H34IN3O2S. The third-order valence-electron chi connectivity index (χ3n) is 4.60. The maximum atomic E-state index is 5.82. The molecule has 27 heavy (non-hydrogen) atoms. The van der Waals surface area contributed by atoms with Crippen LogP contribution in [-0.2, 0) is 16.0 Å². The van der Waals surface area contributed by atoms with Crippen molar-refractivity contribution in [2.24, 2.45) is 10.9 Å². The number of ether oxygens (including phenoxy) is 2. The minimum Gasteiger partial charge on any atom is -0.381 e. The molecule has 7 heteroatoms. The van der Waals surface area contributed by atoms with E-state index in [4.69, 9.17) is 9.47 Å². The van der Waals surface area contributed by atoms with Crippen LogP contribution in [0.15, 0.2) is 34.2 Å². The largest absolute Gasteiger partial charge is 0.381 e. The van der Waals surface area contributed by atoms with Gasteiger partial charge in [-0.15, -0.1) is 35.7 Å². The highest BCUT2D eigenvalue weighted by Gasteiger charge is 2.13. The number of thioether (sulfide) groups is 1. The molecule has 154 valence electrons. The van der Waals surface area contributed by atoms with Crippen molar-refractivity contribution in [2.75, 3.05) is 53.3 Å². The first-order valence-electron chi connectivity index (χ1n) is 9.43. The molecule has 1 heterocycles. The smallest absolute Gasteiger partial charge is 0.193 e. The van der Waals surface area contributed by atoms with Gasteiger partial charge in [0.25, 0.3) is 0 Å². The number of halogens is 1. The van der Waals surface area contributed by atoms with Crippen molar-refractivity contribution in [2.45, 2.75) is 30.7 Å². The fourth-order valence-corrected chi connectivity index (χ4v) is 3.41. The summed E-state index contributed by atoms with van der Waals surface area (Å²) in [6.07, 6.45) is 5.35. The second-order valence-electron chi connectivity index (χ2n) is 6.66. The SMILES string of the molecule is CN=C(NCCCOCC1CCOCC1)N(C)Cc1ccc(SC)cc1.I. The van der Waals surface area contributed by atoms with Gasteiger partial charge in [0.05, 0.1) is 0 Å². The van der Waals surface area contributed by atoms with Gasteiger partial charge in [-0.1, -0.05) is 12.1 Å². The summed E-state index contributed by atoms with van der Waals surface area (Å²) in [4.78, 5) is 7.82. The van der Waals surface area contributed by atoms with E-state index in [2.05, 4.69) is 52.8 Å². The second-order valence-corrected chi connectivity index (χ2v) is 7.54. The van der Waals surface area contributed by atoms with E-state index in [9.17, 15) is 0 Å². The molecule has 1 aliphatic rings. The van der Waals surface area contributed by atoms with Crippen LogP contribution in [0.1, 0.15) is 24.8 Å². The van der Waals surface area contributed by atoms with Crippen molar-refractivity contribution in [1.29, 1.82) is 0 Å². The Bertz CT molecular complexity index is 537. The Morgan fingerprint density at radius 1 is 1.30 bits per heavy atom. The monoisotopic (exact) mass is 507 g/mol. The van der Waals surface area contributed by atoms with Gasteiger partial charge in [-0.3, -0.25) is 4.99 Å². The Balaban J connectivity index is 0.00000364. The molecule has 1 aromatic carbocycles. The molecule has 2 rings (SSSR count). The van der Waals surface area contributed by atoms with Gasteiger partial charge in [-0.2, -0.15) is 0 Å². The number of nitrogens with zero attached hydrogens (tertiary/aromatic N) is 2. The average molecular weight is 507 g/mol. The minimum absolute atomic E-state index is 0. The molecule has 0 spiro atoms. The van der Waals surface area contributed by atoms with Crippen LogP contribution in [0.5, 0.6) is 0 Å². The van der Waals surface area contributed by atoms with E-state index >= 15 is 0 Å². The fourth-order valence-electron chi connectivity index (χ4n) is 3.00. The zero-order chi connectivity index (χ0) is 18.6. The number of guanidine groups is 1. The maximum Gasteiger partial charge on any atom is 0.193 e. The summed E-state index contributed by atoms with van der Waals surface area (Å²) < 4.78 is 11.2. The standard InChI is InChI=1S/C20H33N3O2S.HI/c1-21-20(23(2)15-17-5-7-19(26-3)8-6-17)22-11-4-12-25-16-18-9-13-24-14-10-18;/h5-8,18H,4,9-16H2,1-3H3,(H,21,22);1H. The first kappa shape index (κ1) is 24.5. The van der Waals surface area contributed by atoms with Gasteiger partial charge in [0, 0.05) is 58.5 Å². The summed E-state index contributed by atoms with van der Waals surface area (Å²) in [6.45, 7) is 5.15.